The van der Waals surface area contributed by atoms with E-state index in [0.29, 0.717) is 4.91 Å². The largest absolute Gasteiger partial charge is 0.454 e. The number of benzene rings is 1. The first-order chi connectivity index (χ1) is 12.0. The molecule has 2 aliphatic heterocycles. The van der Waals surface area contributed by atoms with E-state index in [4.69, 9.17) is 9.47 Å². The highest BCUT2D eigenvalue weighted by atomic mass is 32.2. The molecule has 6 nitrogen and oxygen atoms in total. The maximum absolute atomic E-state index is 12.1. The smallest absolute Gasteiger partial charge is 0.293 e. The van der Waals surface area contributed by atoms with Crippen molar-refractivity contribution in [3.63, 3.8) is 0 Å². The molecule has 7 heteroatoms. The van der Waals surface area contributed by atoms with Crippen LogP contribution in [-0.4, -0.2) is 34.5 Å². The van der Waals surface area contributed by atoms with E-state index in [0.717, 1.165) is 50.8 Å². The number of nitrogens with zero attached hydrogens (tertiary/aromatic N) is 2. The van der Waals surface area contributed by atoms with Crippen LogP contribution in [0.25, 0.3) is 11.8 Å². The highest BCUT2D eigenvalue weighted by molar-refractivity contribution is 8.18. The van der Waals surface area contributed by atoms with Crippen LogP contribution in [0.1, 0.15) is 17.0 Å². The molecule has 1 fully saturated rings. The number of aryl methyl sites for hydroxylation is 1. The highest BCUT2D eigenvalue weighted by Gasteiger charge is 2.32. The Morgan fingerprint density at radius 1 is 1.12 bits per heavy atom. The van der Waals surface area contributed by atoms with Crippen LogP contribution in [0.3, 0.4) is 0 Å². The molecule has 2 aromatic rings. The number of thioether (sulfide) groups is 1. The van der Waals surface area contributed by atoms with Gasteiger partial charge in [0, 0.05) is 30.2 Å². The second-order valence-electron chi connectivity index (χ2n) is 5.94. The van der Waals surface area contributed by atoms with E-state index >= 15 is 0 Å². The molecule has 2 aliphatic rings. The third-order valence-electron chi connectivity index (χ3n) is 4.36. The Bertz CT molecular complexity index is 945. The molecule has 1 aromatic carbocycles. The number of hydrogen-bond acceptors (Lipinski definition) is 5. The first-order valence-electron chi connectivity index (χ1n) is 7.76. The van der Waals surface area contributed by atoms with E-state index in [1.165, 1.54) is 7.05 Å². The van der Waals surface area contributed by atoms with Crippen LogP contribution in [0, 0.1) is 13.8 Å². The van der Waals surface area contributed by atoms with Gasteiger partial charge in [-0.25, -0.2) is 0 Å². The fourth-order valence-electron chi connectivity index (χ4n) is 3.04. The van der Waals surface area contributed by atoms with Gasteiger partial charge in [-0.15, -0.1) is 0 Å². The molecular formula is C18H16N2O4S. The van der Waals surface area contributed by atoms with Gasteiger partial charge < -0.3 is 14.0 Å². The molecule has 3 heterocycles. The van der Waals surface area contributed by atoms with Crippen molar-refractivity contribution in [3.8, 4) is 17.2 Å². The Morgan fingerprint density at radius 2 is 1.88 bits per heavy atom. The molecule has 128 valence electrons. The molecule has 1 saturated heterocycles. The summed E-state index contributed by atoms with van der Waals surface area (Å²) in [4.78, 5) is 25.3. The summed E-state index contributed by atoms with van der Waals surface area (Å²) in [5, 5.41) is -0.249. The first-order valence-corrected chi connectivity index (χ1v) is 8.58. The van der Waals surface area contributed by atoms with Crippen LogP contribution < -0.4 is 9.47 Å². The molecule has 0 spiro atoms. The van der Waals surface area contributed by atoms with Crippen LogP contribution >= 0.6 is 11.8 Å². The van der Waals surface area contributed by atoms with Crippen molar-refractivity contribution in [3.05, 3.63) is 46.1 Å². The zero-order chi connectivity index (χ0) is 17.7. The minimum Gasteiger partial charge on any atom is -0.454 e. The molecule has 0 saturated carbocycles. The normalized spacial score (nSPS) is 17.9. The van der Waals surface area contributed by atoms with Gasteiger partial charge in [0.1, 0.15) is 0 Å². The number of rotatable bonds is 2. The number of likely N-dealkylation sites (N-methyl/N-ethyl adjacent to an activating group) is 1. The van der Waals surface area contributed by atoms with Crippen LogP contribution in [-0.2, 0) is 4.79 Å². The average molecular weight is 356 g/mol. The number of carbonyl (C=O) groups is 2. The van der Waals surface area contributed by atoms with E-state index in [-0.39, 0.29) is 17.9 Å². The topological polar surface area (TPSA) is 60.8 Å². The van der Waals surface area contributed by atoms with Gasteiger partial charge in [0.05, 0.1) is 4.91 Å². The molecule has 1 aromatic heterocycles. The van der Waals surface area contributed by atoms with Crippen molar-refractivity contribution >= 4 is 29.0 Å². The molecule has 2 amide bonds. The van der Waals surface area contributed by atoms with Crippen LogP contribution in [0.5, 0.6) is 11.5 Å². The van der Waals surface area contributed by atoms with Crippen molar-refractivity contribution in [2.24, 2.45) is 0 Å². The Labute approximate surface area is 149 Å². The van der Waals surface area contributed by atoms with Crippen molar-refractivity contribution in [2.45, 2.75) is 13.8 Å². The molecule has 0 N–H and O–H groups in total. The quantitative estimate of drug-likeness (QED) is 0.771. The fraction of sp³-hybridized carbons (Fsp3) is 0.222. The monoisotopic (exact) mass is 356 g/mol. The predicted octanol–water partition coefficient (Wildman–Crippen LogP) is 3.49. The fourth-order valence-corrected chi connectivity index (χ4v) is 3.86. The second-order valence-corrected chi connectivity index (χ2v) is 6.93. The molecule has 0 unspecified atom stereocenters. The maximum Gasteiger partial charge on any atom is 0.293 e. The average Bonchev–Trinajstić information content (AvgIpc) is 3.22. The van der Waals surface area contributed by atoms with E-state index < -0.39 is 0 Å². The standard InChI is InChI=1S/C18H16N2O4S/c1-10-6-12(7-16-17(21)19(3)18(22)25-16)11(2)20(10)13-4-5-14-15(8-13)24-9-23-14/h4-8H,9H2,1-3H3/b16-7-. The van der Waals surface area contributed by atoms with Gasteiger partial charge in [-0.05, 0) is 55.4 Å². The Hall–Kier alpha value is -2.67. The minimum atomic E-state index is -0.261. The number of carbonyl (C=O) groups excluding carboxylic acids is 2. The van der Waals surface area contributed by atoms with Gasteiger partial charge in [-0.1, -0.05) is 0 Å². The summed E-state index contributed by atoms with van der Waals surface area (Å²) in [6.45, 7) is 4.22. The molecular weight excluding hydrogens is 340 g/mol. The second kappa shape index (κ2) is 5.70. The van der Waals surface area contributed by atoms with E-state index in [1.807, 2.05) is 38.1 Å². The predicted molar refractivity (Wildman–Crippen MR) is 95.1 cm³/mol. The van der Waals surface area contributed by atoms with Gasteiger partial charge in [0.2, 0.25) is 6.79 Å². The number of fused-ring (bicyclic) bond motifs is 1. The summed E-state index contributed by atoms with van der Waals surface area (Å²) in [6, 6.07) is 7.80. The minimum absolute atomic E-state index is 0.237. The Morgan fingerprint density at radius 3 is 2.60 bits per heavy atom. The molecule has 0 radical (unpaired) electrons. The van der Waals surface area contributed by atoms with E-state index in [1.54, 1.807) is 6.08 Å². The number of amides is 2. The summed E-state index contributed by atoms with van der Waals surface area (Å²) < 4.78 is 12.9. The van der Waals surface area contributed by atoms with Gasteiger partial charge in [0.25, 0.3) is 11.1 Å². The summed E-state index contributed by atoms with van der Waals surface area (Å²) in [5.41, 5.74) is 3.88. The van der Waals surface area contributed by atoms with Crippen molar-refractivity contribution in [1.82, 2.24) is 9.47 Å². The molecule has 25 heavy (non-hydrogen) atoms. The van der Waals surface area contributed by atoms with E-state index in [2.05, 4.69) is 4.57 Å². The highest BCUT2D eigenvalue weighted by Crippen LogP contribution is 2.36. The van der Waals surface area contributed by atoms with E-state index in [9.17, 15) is 9.59 Å². The number of aromatic nitrogens is 1. The number of hydrogen-bond donors (Lipinski definition) is 0. The van der Waals surface area contributed by atoms with Crippen molar-refractivity contribution in [1.29, 1.82) is 0 Å². The summed E-state index contributed by atoms with van der Waals surface area (Å²) in [5.74, 6) is 1.20. The molecule has 0 aliphatic carbocycles. The summed E-state index contributed by atoms with van der Waals surface area (Å²) in [6.07, 6.45) is 1.78. The van der Waals surface area contributed by atoms with Gasteiger partial charge >= 0.3 is 0 Å². The van der Waals surface area contributed by atoms with Crippen molar-refractivity contribution in [2.75, 3.05) is 13.8 Å². The van der Waals surface area contributed by atoms with Gasteiger partial charge in [-0.2, -0.15) is 0 Å². The van der Waals surface area contributed by atoms with Crippen LogP contribution in [0.4, 0.5) is 4.79 Å². The number of ether oxygens (including phenoxy) is 2. The lowest BCUT2D eigenvalue weighted by Crippen LogP contribution is -2.22. The van der Waals surface area contributed by atoms with Gasteiger partial charge in [0.15, 0.2) is 11.5 Å². The Balaban J connectivity index is 1.75. The lowest BCUT2D eigenvalue weighted by atomic mass is 10.2. The van der Waals surface area contributed by atoms with Crippen molar-refractivity contribution < 1.29 is 19.1 Å². The molecule has 0 atom stereocenters. The lowest BCUT2D eigenvalue weighted by Gasteiger charge is -2.10. The maximum atomic E-state index is 12.1. The summed E-state index contributed by atoms with van der Waals surface area (Å²) in [7, 11) is 1.49. The first kappa shape index (κ1) is 15.8. The molecule has 0 bridgehead atoms. The number of imide groups is 1. The SMILES string of the molecule is Cc1cc(/C=C2\SC(=O)N(C)C2=O)c(C)n1-c1ccc2c(c1)OCO2. The molecule has 4 rings (SSSR count). The van der Waals surface area contributed by atoms with Gasteiger partial charge in [-0.3, -0.25) is 14.5 Å². The Kier molecular flexibility index (Phi) is 3.61. The lowest BCUT2D eigenvalue weighted by molar-refractivity contribution is -0.121. The third kappa shape index (κ3) is 2.51. The van der Waals surface area contributed by atoms with Crippen LogP contribution in [0.2, 0.25) is 0 Å². The van der Waals surface area contributed by atoms with Crippen LogP contribution in [0.15, 0.2) is 29.2 Å². The summed E-state index contributed by atoms with van der Waals surface area (Å²) >= 11 is 0.965. The third-order valence-corrected chi connectivity index (χ3v) is 5.32. The zero-order valence-electron chi connectivity index (χ0n) is 14.0. The zero-order valence-corrected chi connectivity index (χ0v) is 14.8.